The minimum Gasteiger partial charge on any atom is -0.476 e. The smallest absolute Gasteiger partial charge is 0.356 e. The first-order chi connectivity index (χ1) is 7.56. The van der Waals surface area contributed by atoms with Gasteiger partial charge in [-0.2, -0.15) is 0 Å². The third-order valence-corrected chi connectivity index (χ3v) is 1.95. The van der Waals surface area contributed by atoms with Gasteiger partial charge in [0.1, 0.15) is 5.82 Å². The molecule has 16 heavy (non-hydrogen) atoms. The van der Waals surface area contributed by atoms with Gasteiger partial charge in [-0.3, -0.25) is 0 Å². The number of anilines is 1. The van der Waals surface area contributed by atoms with Gasteiger partial charge in [0.15, 0.2) is 5.69 Å². The fraction of sp³-hybridized carbons (Fsp3) is 0.500. The van der Waals surface area contributed by atoms with E-state index in [9.17, 15) is 4.79 Å². The third-order valence-electron chi connectivity index (χ3n) is 1.95. The van der Waals surface area contributed by atoms with Crippen molar-refractivity contribution in [3.05, 3.63) is 17.7 Å². The molecular weight excluding hydrogens is 210 g/mol. The van der Waals surface area contributed by atoms with E-state index in [1.165, 1.54) is 6.20 Å². The zero-order valence-corrected chi connectivity index (χ0v) is 9.27. The van der Waals surface area contributed by atoms with E-state index in [-0.39, 0.29) is 24.8 Å². The second-order valence-electron chi connectivity index (χ2n) is 3.60. The summed E-state index contributed by atoms with van der Waals surface area (Å²) in [7, 11) is 0. The third kappa shape index (κ3) is 2.90. The van der Waals surface area contributed by atoms with Crippen LogP contribution in [0.5, 0.6) is 0 Å². The average Bonchev–Trinajstić information content (AvgIpc) is 2.25. The Morgan fingerprint density at radius 3 is 2.75 bits per heavy atom. The predicted molar refractivity (Wildman–Crippen MR) is 58.7 cm³/mol. The lowest BCUT2D eigenvalue weighted by molar-refractivity contribution is 0.0691. The summed E-state index contributed by atoms with van der Waals surface area (Å²) < 4.78 is 0. The van der Waals surface area contributed by atoms with Crippen LogP contribution in [0.25, 0.3) is 0 Å². The van der Waals surface area contributed by atoms with Gasteiger partial charge < -0.3 is 15.5 Å². The average molecular weight is 225 g/mol. The van der Waals surface area contributed by atoms with Crippen molar-refractivity contribution >= 4 is 11.7 Å². The molecule has 0 aromatic carbocycles. The van der Waals surface area contributed by atoms with Crippen LogP contribution in [0, 0.1) is 0 Å². The molecule has 1 aromatic rings. The van der Waals surface area contributed by atoms with Gasteiger partial charge in [-0.05, 0) is 0 Å². The van der Waals surface area contributed by atoms with E-state index < -0.39 is 5.97 Å². The number of nitrogens with zero attached hydrogens (tertiary/aromatic N) is 2. The molecule has 88 valence electrons. The summed E-state index contributed by atoms with van der Waals surface area (Å²) in [5, 5.41) is 20.4. The van der Waals surface area contributed by atoms with Crippen molar-refractivity contribution in [2.75, 3.05) is 18.5 Å². The number of carbonyl (C=O) groups is 1. The van der Waals surface area contributed by atoms with E-state index in [0.717, 1.165) is 0 Å². The number of aliphatic hydroxyl groups excluding tert-OH is 1. The quantitative estimate of drug-likeness (QED) is 0.682. The van der Waals surface area contributed by atoms with Gasteiger partial charge in [-0.15, -0.1) is 0 Å². The number of aromatic nitrogens is 2. The topological polar surface area (TPSA) is 95.3 Å². The monoisotopic (exact) mass is 225 g/mol. The number of rotatable bonds is 5. The molecule has 0 amide bonds. The highest BCUT2D eigenvalue weighted by Gasteiger charge is 2.14. The molecule has 0 aliphatic rings. The Labute approximate surface area is 93.4 Å². The molecule has 0 fully saturated rings. The zero-order chi connectivity index (χ0) is 12.1. The van der Waals surface area contributed by atoms with Gasteiger partial charge in [-0.1, -0.05) is 13.8 Å². The molecule has 6 heteroatoms. The summed E-state index contributed by atoms with van der Waals surface area (Å²) >= 11 is 0. The first kappa shape index (κ1) is 12.4. The van der Waals surface area contributed by atoms with Crippen molar-refractivity contribution in [1.82, 2.24) is 9.97 Å². The van der Waals surface area contributed by atoms with Gasteiger partial charge >= 0.3 is 5.97 Å². The molecule has 0 atom stereocenters. The predicted octanol–water partition coefficient (Wildman–Crippen LogP) is 0.702. The molecule has 0 aliphatic heterocycles. The van der Waals surface area contributed by atoms with E-state index in [0.29, 0.717) is 11.5 Å². The van der Waals surface area contributed by atoms with Crippen molar-refractivity contribution in [3.63, 3.8) is 0 Å². The number of hydrogen-bond donors (Lipinski definition) is 3. The Hall–Kier alpha value is -1.69. The molecule has 0 saturated carbocycles. The summed E-state index contributed by atoms with van der Waals surface area (Å²) in [6.07, 6.45) is 1.43. The first-order valence-corrected chi connectivity index (χ1v) is 5.01. The molecule has 1 rings (SSSR count). The number of carboxylic acids is 1. The minimum absolute atomic E-state index is 0.0628. The lowest BCUT2D eigenvalue weighted by atomic mass is 10.2. The van der Waals surface area contributed by atoms with Crippen LogP contribution < -0.4 is 5.32 Å². The summed E-state index contributed by atoms with van der Waals surface area (Å²) in [4.78, 5) is 19.0. The maximum absolute atomic E-state index is 11.0. The summed E-state index contributed by atoms with van der Waals surface area (Å²) in [6, 6.07) is 0. The maximum atomic E-state index is 11.0. The lowest BCUT2D eigenvalue weighted by Gasteiger charge is -2.10. The molecule has 1 aromatic heterocycles. The Bertz CT molecular complexity index is 380. The number of aromatic carboxylic acids is 1. The lowest BCUT2D eigenvalue weighted by Crippen LogP contribution is -2.14. The SMILES string of the molecule is CC(C)c1ncc(NCCO)c(C(=O)O)n1. The summed E-state index contributed by atoms with van der Waals surface area (Å²) in [5.41, 5.74) is 0.262. The molecule has 0 radical (unpaired) electrons. The van der Waals surface area contributed by atoms with Gasteiger partial charge in [-0.25, -0.2) is 14.8 Å². The highest BCUT2D eigenvalue weighted by Crippen LogP contribution is 2.15. The molecule has 0 aliphatic carbocycles. The van der Waals surface area contributed by atoms with Crippen LogP contribution in [0.2, 0.25) is 0 Å². The molecule has 0 unspecified atom stereocenters. The Morgan fingerprint density at radius 2 is 2.25 bits per heavy atom. The standard InChI is InChI=1S/C10H15N3O3/c1-6(2)9-12-5-7(11-3-4-14)8(13-9)10(15)16/h5-6,11,14H,3-4H2,1-2H3,(H,15,16). The fourth-order valence-electron chi connectivity index (χ4n) is 1.16. The van der Waals surface area contributed by atoms with Crippen LogP contribution in [0.4, 0.5) is 5.69 Å². The van der Waals surface area contributed by atoms with E-state index in [1.54, 1.807) is 0 Å². The highest BCUT2D eigenvalue weighted by atomic mass is 16.4. The minimum atomic E-state index is -1.11. The summed E-state index contributed by atoms with van der Waals surface area (Å²) in [6.45, 7) is 3.97. The number of carboxylic acid groups (broad SMARTS) is 1. The van der Waals surface area contributed by atoms with Gasteiger partial charge in [0.25, 0.3) is 0 Å². The fourth-order valence-corrected chi connectivity index (χ4v) is 1.16. The molecule has 0 saturated heterocycles. The van der Waals surface area contributed by atoms with Crippen LogP contribution in [-0.2, 0) is 0 Å². The van der Waals surface area contributed by atoms with Crippen LogP contribution >= 0.6 is 0 Å². The largest absolute Gasteiger partial charge is 0.476 e. The first-order valence-electron chi connectivity index (χ1n) is 5.01. The molecule has 0 bridgehead atoms. The van der Waals surface area contributed by atoms with E-state index in [1.807, 2.05) is 13.8 Å². The van der Waals surface area contributed by atoms with Gasteiger partial charge in [0.05, 0.1) is 18.5 Å². The number of nitrogens with one attached hydrogen (secondary N) is 1. The van der Waals surface area contributed by atoms with Crippen LogP contribution in [-0.4, -0.2) is 39.3 Å². The second-order valence-corrected chi connectivity index (χ2v) is 3.60. The summed E-state index contributed by atoms with van der Waals surface area (Å²) in [5.74, 6) is -0.540. The molecular formula is C10H15N3O3. The van der Waals surface area contributed by atoms with E-state index in [2.05, 4.69) is 15.3 Å². The van der Waals surface area contributed by atoms with E-state index >= 15 is 0 Å². The van der Waals surface area contributed by atoms with Crippen LogP contribution in [0.1, 0.15) is 36.1 Å². The maximum Gasteiger partial charge on any atom is 0.356 e. The Balaban J connectivity index is 3.04. The second kappa shape index (κ2) is 5.41. The number of hydrogen-bond acceptors (Lipinski definition) is 5. The van der Waals surface area contributed by atoms with Gasteiger partial charge in [0, 0.05) is 12.5 Å². The normalized spacial score (nSPS) is 10.5. The van der Waals surface area contributed by atoms with Crippen molar-refractivity contribution in [2.24, 2.45) is 0 Å². The molecule has 3 N–H and O–H groups in total. The zero-order valence-electron chi connectivity index (χ0n) is 9.27. The Kier molecular flexibility index (Phi) is 4.19. The highest BCUT2D eigenvalue weighted by molar-refractivity contribution is 5.91. The molecule has 1 heterocycles. The van der Waals surface area contributed by atoms with E-state index in [4.69, 9.17) is 10.2 Å². The Morgan fingerprint density at radius 1 is 1.56 bits per heavy atom. The van der Waals surface area contributed by atoms with Gasteiger partial charge in [0.2, 0.25) is 0 Å². The number of aliphatic hydroxyl groups is 1. The van der Waals surface area contributed by atoms with Crippen LogP contribution in [0.3, 0.4) is 0 Å². The van der Waals surface area contributed by atoms with Crippen molar-refractivity contribution in [2.45, 2.75) is 19.8 Å². The van der Waals surface area contributed by atoms with Crippen molar-refractivity contribution in [1.29, 1.82) is 0 Å². The van der Waals surface area contributed by atoms with Crippen molar-refractivity contribution < 1.29 is 15.0 Å². The molecule has 6 nitrogen and oxygen atoms in total. The van der Waals surface area contributed by atoms with Crippen molar-refractivity contribution in [3.8, 4) is 0 Å². The molecule has 0 spiro atoms. The van der Waals surface area contributed by atoms with Crippen LogP contribution in [0.15, 0.2) is 6.20 Å².